The van der Waals surface area contributed by atoms with Crippen molar-refractivity contribution in [3.63, 3.8) is 0 Å². The molecule has 1 atom stereocenters. The van der Waals surface area contributed by atoms with Crippen LogP contribution in [0.25, 0.3) is 11.0 Å². The third-order valence-corrected chi connectivity index (χ3v) is 4.48. The Balaban J connectivity index is 1.61. The van der Waals surface area contributed by atoms with Gasteiger partial charge in [-0.05, 0) is 17.7 Å². The standard InChI is InChI=1S/C20H19F2N7/c1-29-19-14(10-25-29)18(26-13-7-8-15(21)16(22)9-13)27-20(28-19)24-11-17(23)12-5-3-2-4-6-12/h2-10,17H,11,23H2,1H3,(H2,24,26,27,28)/t17-/m0/s1. The topological polar surface area (TPSA) is 93.7 Å². The van der Waals surface area contributed by atoms with Crippen molar-refractivity contribution in [2.24, 2.45) is 12.8 Å². The van der Waals surface area contributed by atoms with E-state index in [1.54, 1.807) is 17.9 Å². The molecule has 0 aliphatic heterocycles. The lowest BCUT2D eigenvalue weighted by atomic mass is 10.1. The van der Waals surface area contributed by atoms with Crippen molar-refractivity contribution in [3.8, 4) is 0 Å². The summed E-state index contributed by atoms with van der Waals surface area (Å²) in [6, 6.07) is 13.0. The molecular weight excluding hydrogens is 376 g/mol. The number of rotatable bonds is 6. The normalized spacial score (nSPS) is 12.1. The van der Waals surface area contributed by atoms with E-state index in [0.29, 0.717) is 35.0 Å². The van der Waals surface area contributed by atoms with Crippen LogP contribution < -0.4 is 16.4 Å². The van der Waals surface area contributed by atoms with Gasteiger partial charge in [-0.1, -0.05) is 30.3 Å². The van der Waals surface area contributed by atoms with Crippen LogP contribution in [0.15, 0.2) is 54.7 Å². The summed E-state index contributed by atoms with van der Waals surface area (Å²) < 4.78 is 28.4. The first-order valence-corrected chi connectivity index (χ1v) is 8.97. The third-order valence-electron chi connectivity index (χ3n) is 4.48. The number of aromatic nitrogens is 4. The predicted molar refractivity (Wildman–Crippen MR) is 108 cm³/mol. The molecule has 9 heteroatoms. The number of benzene rings is 2. The lowest BCUT2D eigenvalue weighted by Gasteiger charge is -2.14. The number of anilines is 3. The van der Waals surface area contributed by atoms with Gasteiger partial charge >= 0.3 is 0 Å². The van der Waals surface area contributed by atoms with Crippen LogP contribution in [-0.4, -0.2) is 26.3 Å². The molecule has 148 valence electrons. The third kappa shape index (κ3) is 3.99. The Hall–Kier alpha value is -3.59. The van der Waals surface area contributed by atoms with E-state index >= 15 is 0 Å². The molecule has 0 unspecified atom stereocenters. The monoisotopic (exact) mass is 395 g/mol. The second-order valence-electron chi connectivity index (χ2n) is 6.55. The quantitative estimate of drug-likeness (QED) is 0.463. The van der Waals surface area contributed by atoms with Gasteiger partial charge in [0.15, 0.2) is 17.3 Å². The van der Waals surface area contributed by atoms with Crippen molar-refractivity contribution in [1.82, 2.24) is 19.7 Å². The molecule has 0 radical (unpaired) electrons. The van der Waals surface area contributed by atoms with Crippen molar-refractivity contribution in [2.75, 3.05) is 17.2 Å². The van der Waals surface area contributed by atoms with Crippen molar-refractivity contribution in [3.05, 3.63) is 71.9 Å². The Bertz CT molecular complexity index is 1140. The van der Waals surface area contributed by atoms with Crippen molar-refractivity contribution in [2.45, 2.75) is 6.04 Å². The molecule has 0 bridgehead atoms. The first kappa shape index (κ1) is 18.8. The van der Waals surface area contributed by atoms with Gasteiger partial charge in [-0.2, -0.15) is 15.1 Å². The molecule has 2 heterocycles. The van der Waals surface area contributed by atoms with E-state index in [2.05, 4.69) is 25.7 Å². The lowest BCUT2D eigenvalue weighted by molar-refractivity contribution is 0.509. The number of hydrogen-bond acceptors (Lipinski definition) is 6. The Morgan fingerprint density at radius 2 is 1.86 bits per heavy atom. The first-order valence-electron chi connectivity index (χ1n) is 8.97. The molecule has 0 fully saturated rings. The molecule has 2 aromatic heterocycles. The zero-order valence-corrected chi connectivity index (χ0v) is 15.6. The number of halogens is 2. The molecule has 4 N–H and O–H groups in total. The van der Waals surface area contributed by atoms with Crippen LogP contribution in [0, 0.1) is 11.6 Å². The van der Waals surface area contributed by atoms with E-state index in [1.165, 1.54) is 6.07 Å². The van der Waals surface area contributed by atoms with Crippen molar-refractivity contribution >= 4 is 28.5 Å². The van der Waals surface area contributed by atoms with Gasteiger partial charge in [-0.25, -0.2) is 8.78 Å². The molecule has 29 heavy (non-hydrogen) atoms. The zero-order chi connectivity index (χ0) is 20.4. The molecule has 0 amide bonds. The number of hydrogen-bond donors (Lipinski definition) is 3. The average molecular weight is 395 g/mol. The summed E-state index contributed by atoms with van der Waals surface area (Å²) in [5.41, 5.74) is 8.16. The van der Waals surface area contributed by atoms with Crippen LogP contribution >= 0.6 is 0 Å². The summed E-state index contributed by atoms with van der Waals surface area (Å²) in [5, 5.41) is 11.0. The maximum atomic E-state index is 13.6. The number of nitrogens with zero attached hydrogens (tertiary/aromatic N) is 4. The second-order valence-corrected chi connectivity index (χ2v) is 6.55. The highest BCUT2D eigenvalue weighted by molar-refractivity contribution is 5.89. The van der Waals surface area contributed by atoms with Crippen molar-refractivity contribution < 1.29 is 8.78 Å². The molecular formula is C20H19F2N7. The Morgan fingerprint density at radius 1 is 1.07 bits per heavy atom. The fourth-order valence-electron chi connectivity index (χ4n) is 2.93. The van der Waals surface area contributed by atoms with Gasteiger partial charge in [0.05, 0.1) is 11.6 Å². The molecule has 7 nitrogen and oxygen atoms in total. The van der Waals surface area contributed by atoms with E-state index in [-0.39, 0.29) is 6.04 Å². The highest BCUT2D eigenvalue weighted by Crippen LogP contribution is 2.26. The summed E-state index contributed by atoms with van der Waals surface area (Å²) >= 11 is 0. The summed E-state index contributed by atoms with van der Waals surface area (Å²) in [6.07, 6.45) is 1.61. The average Bonchev–Trinajstić information content (AvgIpc) is 3.11. The predicted octanol–water partition coefficient (Wildman–Crippen LogP) is 3.50. The first-order chi connectivity index (χ1) is 14.0. The van der Waals surface area contributed by atoms with Crippen LogP contribution in [0.4, 0.5) is 26.2 Å². The number of nitrogens with one attached hydrogen (secondary N) is 2. The highest BCUT2D eigenvalue weighted by atomic mass is 19.2. The maximum Gasteiger partial charge on any atom is 0.226 e. The Morgan fingerprint density at radius 3 is 2.62 bits per heavy atom. The van der Waals surface area contributed by atoms with Crippen LogP contribution in [0.1, 0.15) is 11.6 Å². The molecule has 4 rings (SSSR count). The summed E-state index contributed by atoms with van der Waals surface area (Å²) in [6.45, 7) is 0.415. The number of nitrogens with two attached hydrogens (primary N) is 1. The molecule has 0 spiro atoms. The summed E-state index contributed by atoms with van der Waals surface area (Å²) in [7, 11) is 1.76. The summed E-state index contributed by atoms with van der Waals surface area (Å²) in [5.74, 6) is -1.09. The van der Waals surface area contributed by atoms with Crippen LogP contribution in [0.3, 0.4) is 0 Å². The minimum absolute atomic E-state index is 0.246. The van der Waals surface area contributed by atoms with Crippen LogP contribution in [0.5, 0.6) is 0 Å². The van der Waals surface area contributed by atoms with E-state index < -0.39 is 11.6 Å². The molecule has 0 aliphatic carbocycles. The van der Waals surface area contributed by atoms with Gasteiger partial charge in [-0.3, -0.25) is 4.68 Å². The Kier molecular flexibility index (Phi) is 5.05. The molecule has 2 aromatic carbocycles. The van der Waals surface area contributed by atoms with Gasteiger partial charge in [-0.15, -0.1) is 0 Å². The largest absolute Gasteiger partial charge is 0.352 e. The van der Waals surface area contributed by atoms with E-state index in [0.717, 1.165) is 17.7 Å². The fourth-order valence-corrected chi connectivity index (χ4v) is 2.93. The minimum atomic E-state index is -0.946. The van der Waals surface area contributed by atoms with Gasteiger partial charge in [0.25, 0.3) is 0 Å². The Labute approximate surface area is 165 Å². The van der Waals surface area contributed by atoms with Gasteiger partial charge < -0.3 is 16.4 Å². The highest BCUT2D eigenvalue weighted by Gasteiger charge is 2.14. The minimum Gasteiger partial charge on any atom is -0.352 e. The SMILES string of the molecule is Cn1ncc2c(Nc3ccc(F)c(F)c3)nc(NC[C@H](N)c3ccccc3)nc21. The van der Waals surface area contributed by atoms with Crippen LogP contribution in [0.2, 0.25) is 0 Å². The maximum absolute atomic E-state index is 13.6. The van der Waals surface area contributed by atoms with Gasteiger partial charge in [0, 0.05) is 31.4 Å². The smallest absolute Gasteiger partial charge is 0.226 e. The van der Waals surface area contributed by atoms with E-state index in [1.807, 2.05) is 30.3 Å². The van der Waals surface area contributed by atoms with Crippen molar-refractivity contribution in [1.29, 1.82) is 0 Å². The fraction of sp³-hybridized carbons (Fsp3) is 0.150. The molecule has 0 saturated carbocycles. The van der Waals surface area contributed by atoms with E-state index in [9.17, 15) is 8.78 Å². The second kappa shape index (κ2) is 7.80. The molecule has 4 aromatic rings. The van der Waals surface area contributed by atoms with Gasteiger partial charge in [0.2, 0.25) is 5.95 Å². The lowest BCUT2D eigenvalue weighted by Crippen LogP contribution is -2.21. The number of aryl methyl sites for hydroxylation is 1. The zero-order valence-electron chi connectivity index (χ0n) is 15.6. The van der Waals surface area contributed by atoms with Crippen LogP contribution in [-0.2, 0) is 7.05 Å². The van der Waals surface area contributed by atoms with E-state index in [4.69, 9.17) is 5.73 Å². The summed E-state index contributed by atoms with van der Waals surface area (Å²) in [4.78, 5) is 8.95. The molecule has 0 aliphatic rings. The molecule has 0 saturated heterocycles. The van der Waals surface area contributed by atoms with Gasteiger partial charge in [0.1, 0.15) is 5.82 Å². The number of fused-ring (bicyclic) bond motifs is 1.